The number of halogens is 2. The fourth-order valence-corrected chi connectivity index (χ4v) is 1.20. The predicted molar refractivity (Wildman–Crippen MR) is 76.8 cm³/mol. The first kappa shape index (κ1) is 19.5. The molecule has 1 aromatic rings. The second kappa shape index (κ2) is 11.2. The largest absolute Gasteiger partial charge is 0.383 e. The van der Waals surface area contributed by atoms with Crippen LogP contribution in [0.2, 0.25) is 0 Å². The third-order valence-electron chi connectivity index (χ3n) is 1.93. The predicted octanol–water partition coefficient (Wildman–Crippen LogP) is 1.41. The van der Waals surface area contributed by atoms with Crippen LogP contribution in [0.3, 0.4) is 0 Å². The SMILES string of the molecule is COCCNCC(=O)Nc1cncc(C)c1.Cl.Cl. The minimum absolute atomic E-state index is 0. The second-order valence-corrected chi connectivity index (χ2v) is 3.47. The lowest BCUT2D eigenvalue weighted by Gasteiger charge is -2.06. The number of aromatic nitrogens is 1. The molecule has 18 heavy (non-hydrogen) atoms. The summed E-state index contributed by atoms with van der Waals surface area (Å²) in [4.78, 5) is 15.4. The Morgan fingerprint density at radius 2 is 2.11 bits per heavy atom. The first-order chi connectivity index (χ1) is 7.72. The molecule has 0 radical (unpaired) electrons. The molecule has 0 spiro atoms. The molecule has 0 aromatic carbocycles. The van der Waals surface area contributed by atoms with Crippen LogP contribution in [0, 0.1) is 6.92 Å². The zero-order chi connectivity index (χ0) is 11.8. The van der Waals surface area contributed by atoms with Crippen LogP contribution in [-0.2, 0) is 9.53 Å². The monoisotopic (exact) mass is 295 g/mol. The van der Waals surface area contributed by atoms with Gasteiger partial charge in [0.2, 0.25) is 5.91 Å². The van der Waals surface area contributed by atoms with Crippen molar-refractivity contribution < 1.29 is 9.53 Å². The van der Waals surface area contributed by atoms with Crippen LogP contribution in [-0.4, -0.2) is 37.7 Å². The highest BCUT2D eigenvalue weighted by Gasteiger charge is 2.01. The summed E-state index contributed by atoms with van der Waals surface area (Å²) in [5.41, 5.74) is 1.74. The molecule has 7 heteroatoms. The number of aryl methyl sites for hydroxylation is 1. The lowest BCUT2D eigenvalue weighted by atomic mass is 10.3. The van der Waals surface area contributed by atoms with Gasteiger partial charge in [-0.1, -0.05) is 0 Å². The van der Waals surface area contributed by atoms with Gasteiger partial charge in [0.25, 0.3) is 0 Å². The Morgan fingerprint density at radius 3 is 2.72 bits per heavy atom. The molecule has 0 aliphatic rings. The molecule has 0 bridgehead atoms. The highest BCUT2D eigenvalue weighted by molar-refractivity contribution is 5.92. The maximum Gasteiger partial charge on any atom is 0.238 e. The van der Waals surface area contributed by atoms with Crippen LogP contribution in [0.4, 0.5) is 5.69 Å². The number of ether oxygens (including phenoxy) is 1. The van der Waals surface area contributed by atoms with Gasteiger partial charge in [0, 0.05) is 19.9 Å². The summed E-state index contributed by atoms with van der Waals surface area (Å²) < 4.78 is 4.85. The molecule has 5 nitrogen and oxygen atoms in total. The molecule has 0 fully saturated rings. The van der Waals surface area contributed by atoms with E-state index in [1.54, 1.807) is 19.5 Å². The summed E-state index contributed by atoms with van der Waals surface area (Å²) in [6.07, 6.45) is 3.37. The lowest BCUT2D eigenvalue weighted by molar-refractivity contribution is -0.115. The van der Waals surface area contributed by atoms with Gasteiger partial charge in [0.1, 0.15) is 0 Å². The second-order valence-electron chi connectivity index (χ2n) is 3.47. The average molecular weight is 296 g/mol. The number of nitrogens with zero attached hydrogens (tertiary/aromatic N) is 1. The Morgan fingerprint density at radius 1 is 1.39 bits per heavy atom. The molecule has 0 aliphatic carbocycles. The van der Waals surface area contributed by atoms with E-state index in [0.717, 1.165) is 11.3 Å². The van der Waals surface area contributed by atoms with E-state index in [0.29, 0.717) is 13.2 Å². The maximum absolute atomic E-state index is 11.4. The molecule has 0 aliphatic heterocycles. The van der Waals surface area contributed by atoms with Crippen molar-refractivity contribution in [3.8, 4) is 0 Å². The maximum atomic E-state index is 11.4. The zero-order valence-corrected chi connectivity index (χ0v) is 12.1. The Labute approximate surface area is 120 Å². The highest BCUT2D eigenvalue weighted by Crippen LogP contribution is 2.06. The molecule has 0 unspecified atom stereocenters. The van der Waals surface area contributed by atoms with Gasteiger partial charge < -0.3 is 15.4 Å². The van der Waals surface area contributed by atoms with Crippen LogP contribution in [0.25, 0.3) is 0 Å². The van der Waals surface area contributed by atoms with Gasteiger partial charge in [-0.25, -0.2) is 0 Å². The number of carbonyl (C=O) groups is 1. The summed E-state index contributed by atoms with van der Waals surface area (Å²) in [5.74, 6) is -0.0801. The van der Waals surface area contributed by atoms with Crippen molar-refractivity contribution in [2.24, 2.45) is 0 Å². The third kappa shape index (κ3) is 8.25. The smallest absolute Gasteiger partial charge is 0.238 e. The molecule has 2 N–H and O–H groups in total. The van der Waals surface area contributed by atoms with Gasteiger partial charge in [-0.3, -0.25) is 9.78 Å². The number of amides is 1. The van der Waals surface area contributed by atoms with E-state index < -0.39 is 0 Å². The van der Waals surface area contributed by atoms with E-state index in [9.17, 15) is 4.79 Å². The molecule has 104 valence electrons. The Bertz CT molecular complexity index is 351. The minimum atomic E-state index is -0.0801. The van der Waals surface area contributed by atoms with E-state index in [4.69, 9.17) is 4.74 Å². The molecule has 1 rings (SSSR count). The van der Waals surface area contributed by atoms with Gasteiger partial charge >= 0.3 is 0 Å². The van der Waals surface area contributed by atoms with E-state index in [1.165, 1.54) is 0 Å². The van der Waals surface area contributed by atoms with Crippen LogP contribution in [0.1, 0.15) is 5.56 Å². The standard InChI is InChI=1S/C11H17N3O2.2ClH/c1-9-5-10(7-13-6-9)14-11(15)8-12-3-4-16-2;;/h5-7,12H,3-4,8H2,1-2H3,(H,14,15);2*1H. The van der Waals surface area contributed by atoms with Crippen molar-refractivity contribution in [3.05, 3.63) is 24.0 Å². The molecule has 1 aromatic heterocycles. The summed E-state index contributed by atoms with van der Waals surface area (Å²) in [6.45, 7) is 3.46. The van der Waals surface area contributed by atoms with Crippen LogP contribution in [0.5, 0.6) is 0 Å². The van der Waals surface area contributed by atoms with Gasteiger partial charge in [-0.15, -0.1) is 24.8 Å². The number of carbonyl (C=O) groups excluding carboxylic acids is 1. The molecule has 1 amide bonds. The van der Waals surface area contributed by atoms with Crippen LogP contribution in [0.15, 0.2) is 18.5 Å². The number of methoxy groups -OCH3 is 1. The van der Waals surface area contributed by atoms with E-state index in [1.807, 2.05) is 13.0 Å². The van der Waals surface area contributed by atoms with Gasteiger partial charge in [-0.05, 0) is 18.6 Å². The third-order valence-corrected chi connectivity index (χ3v) is 1.93. The average Bonchev–Trinajstić information content (AvgIpc) is 2.24. The van der Waals surface area contributed by atoms with Crippen LogP contribution < -0.4 is 10.6 Å². The summed E-state index contributed by atoms with van der Waals surface area (Å²) in [7, 11) is 1.63. The number of pyridine rings is 1. The summed E-state index contributed by atoms with van der Waals surface area (Å²) >= 11 is 0. The Balaban J connectivity index is 0. The fourth-order valence-electron chi connectivity index (χ4n) is 1.20. The summed E-state index contributed by atoms with van der Waals surface area (Å²) in [5, 5.41) is 5.72. The number of rotatable bonds is 6. The van der Waals surface area contributed by atoms with Crippen molar-refractivity contribution in [2.75, 3.05) is 32.1 Å². The van der Waals surface area contributed by atoms with Crippen molar-refractivity contribution in [1.82, 2.24) is 10.3 Å². The zero-order valence-electron chi connectivity index (χ0n) is 10.4. The number of nitrogens with one attached hydrogen (secondary N) is 2. The number of hydrogen-bond donors (Lipinski definition) is 2. The normalized spacial score (nSPS) is 9.00. The minimum Gasteiger partial charge on any atom is -0.383 e. The van der Waals surface area contributed by atoms with Gasteiger partial charge in [0.15, 0.2) is 0 Å². The van der Waals surface area contributed by atoms with Gasteiger partial charge in [-0.2, -0.15) is 0 Å². The first-order valence-corrected chi connectivity index (χ1v) is 5.13. The highest BCUT2D eigenvalue weighted by atomic mass is 35.5. The molecular weight excluding hydrogens is 277 g/mol. The molecule has 0 saturated carbocycles. The quantitative estimate of drug-likeness (QED) is 0.779. The lowest BCUT2D eigenvalue weighted by Crippen LogP contribution is -2.30. The molecule has 1 heterocycles. The molecule has 0 atom stereocenters. The molecular formula is C11H19Cl2N3O2. The number of anilines is 1. The van der Waals surface area contributed by atoms with E-state index in [2.05, 4.69) is 15.6 Å². The van der Waals surface area contributed by atoms with Crippen molar-refractivity contribution in [3.63, 3.8) is 0 Å². The van der Waals surface area contributed by atoms with Crippen molar-refractivity contribution >= 4 is 36.4 Å². The van der Waals surface area contributed by atoms with Crippen molar-refractivity contribution in [1.29, 1.82) is 0 Å². The van der Waals surface area contributed by atoms with Crippen molar-refractivity contribution in [2.45, 2.75) is 6.92 Å². The topological polar surface area (TPSA) is 63.2 Å². The number of hydrogen-bond acceptors (Lipinski definition) is 4. The van der Waals surface area contributed by atoms with E-state index in [-0.39, 0.29) is 37.3 Å². The van der Waals surface area contributed by atoms with Crippen LogP contribution >= 0.6 is 24.8 Å². The fraction of sp³-hybridized carbons (Fsp3) is 0.455. The van der Waals surface area contributed by atoms with Gasteiger partial charge in [0.05, 0.1) is 25.0 Å². The summed E-state index contributed by atoms with van der Waals surface area (Å²) in [6, 6.07) is 1.88. The Hall–Kier alpha value is -0.880. The Kier molecular flexibility index (Phi) is 12.1. The first-order valence-electron chi connectivity index (χ1n) is 5.13. The van der Waals surface area contributed by atoms with E-state index >= 15 is 0 Å². The molecule has 0 saturated heterocycles.